The highest BCUT2D eigenvalue weighted by molar-refractivity contribution is 5.84. The van der Waals surface area contributed by atoms with Gasteiger partial charge in [0.15, 0.2) is 0 Å². The Morgan fingerprint density at radius 2 is 1.81 bits per heavy atom. The van der Waals surface area contributed by atoms with Gasteiger partial charge in [0.2, 0.25) is 11.8 Å². The van der Waals surface area contributed by atoms with Crippen LogP contribution in [0.15, 0.2) is 42.5 Å². The maximum atomic E-state index is 5.97. The van der Waals surface area contributed by atoms with Crippen molar-refractivity contribution < 1.29 is 4.74 Å². The van der Waals surface area contributed by atoms with Crippen LogP contribution in [0.4, 0.5) is 5.95 Å². The summed E-state index contributed by atoms with van der Waals surface area (Å²) in [7, 11) is 0. The van der Waals surface area contributed by atoms with Gasteiger partial charge in [0.05, 0.1) is 10.9 Å². The summed E-state index contributed by atoms with van der Waals surface area (Å²) in [5, 5.41) is 0.868. The monoisotopic (exact) mass is 277 g/mol. The lowest BCUT2D eigenvalue weighted by Gasteiger charge is -2.09. The first-order chi connectivity index (χ1) is 10.3. The van der Waals surface area contributed by atoms with E-state index in [1.165, 1.54) is 24.0 Å². The third kappa shape index (κ3) is 2.18. The number of aryl methyl sites for hydroxylation is 2. The van der Waals surface area contributed by atoms with Crippen molar-refractivity contribution in [2.45, 2.75) is 19.3 Å². The number of aromatic nitrogens is 2. The summed E-state index contributed by atoms with van der Waals surface area (Å²) >= 11 is 0. The predicted molar refractivity (Wildman–Crippen MR) is 82.5 cm³/mol. The summed E-state index contributed by atoms with van der Waals surface area (Å²) in [5.74, 6) is 1.54. The van der Waals surface area contributed by atoms with E-state index in [2.05, 4.69) is 22.1 Å². The van der Waals surface area contributed by atoms with Crippen molar-refractivity contribution in [3.05, 3.63) is 53.6 Å². The number of fused-ring (bicyclic) bond motifs is 2. The largest absolute Gasteiger partial charge is 0.438 e. The molecule has 0 saturated heterocycles. The second kappa shape index (κ2) is 4.74. The molecular formula is C17H15N3O. The number of para-hydroxylation sites is 1. The topological polar surface area (TPSA) is 61.0 Å². The number of benzene rings is 2. The first-order valence-corrected chi connectivity index (χ1v) is 7.11. The van der Waals surface area contributed by atoms with Gasteiger partial charge in [-0.15, -0.1) is 0 Å². The van der Waals surface area contributed by atoms with E-state index in [1.807, 2.05) is 30.3 Å². The Labute approximate surface area is 122 Å². The molecule has 3 aromatic rings. The van der Waals surface area contributed by atoms with E-state index in [1.54, 1.807) is 0 Å². The van der Waals surface area contributed by atoms with Gasteiger partial charge in [-0.1, -0.05) is 18.2 Å². The van der Waals surface area contributed by atoms with Gasteiger partial charge in [-0.3, -0.25) is 0 Å². The fourth-order valence-electron chi connectivity index (χ4n) is 2.87. The molecule has 1 aliphatic rings. The van der Waals surface area contributed by atoms with Crippen LogP contribution in [0.2, 0.25) is 0 Å². The van der Waals surface area contributed by atoms with Crippen molar-refractivity contribution in [1.82, 2.24) is 9.97 Å². The third-order valence-corrected chi connectivity index (χ3v) is 3.87. The molecule has 0 atom stereocenters. The van der Waals surface area contributed by atoms with Crippen LogP contribution in [-0.2, 0) is 12.8 Å². The van der Waals surface area contributed by atoms with E-state index in [0.717, 1.165) is 23.1 Å². The molecule has 0 spiro atoms. The second-order valence-corrected chi connectivity index (χ2v) is 5.29. The van der Waals surface area contributed by atoms with Crippen molar-refractivity contribution in [1.29, 1.82) is 0 Å². The average Bonchev–Trinajstić information content (AvgIpc) is 2.94. The molecule has 0 saturated carbocycles. The normalized spacial score (nSPS) is 13.3. The van der Waals surface area contributed by atoms with Crippen LogP contribution in [-0.4, -0.2) is 9.97 Å². The van der Waals surface area contributed by atoms with Crippen LogP contribution in [0.5, 0.6) is 11.6 Å². The second-order valence-electron chi connectivity index (χ2n) is 5.29. The summed E-state index contributed by atoms with van der Waals surface area (Å²) < 4.78 is 5.97. The Morgan fingerprint density at radius 1 is 0.952 bits per heavy atom. The van der Waals surface area contributed by atoms with Gasteiger partial charge in [-0.25, -0.2) is 4.98 Å². The van der Waals surface area contributed by atoms with Crippen LogP contribution in [0, 0.1) is 0 Å². The highest BCUT2D eigenvalue weighted by Crippen LogP contribution is 2.31. The molecular weight excluding hydrogens is 262 g/mol. The van der Waals surface area contributed by atoms with Crippen LogP contribution in [0.3, 0.4) is 0 Å². The molecule has 4 rings (SSSR count). The Hall–Kier alpha value is -2.62. The van der Waals surface area contributed by atoms with Crippen molar-refractivity contribution in [3.63, 3.8) is 0 Å². The minimum Gasteiger partial charge on any atom is -0.438 e. The van der Waals surface area contributed by atoms with Gasteiger partial charge in [0.1, 0.15) is 5.75 Å². The summed E-state index contributed by atoms with van der Waals surface area (Å²) in [5.41, 5.74) is 9.36. The van der Waals surface area contributed by atoms with Gasteiger partial charge in [0.25, 0.3) is 0 Å². The molecule has 21 heavy (non-hydrogen) atoms. The van der Waals surface area contributed by atoms with E-state index in [0.29, 0.717) is 5.88 Å². The highest BCUT2D eigenvalue weighted by atomic mass is 16.5. The Morgan fingerprint density at radius 3 is 2.76 bits per heavy atom. The van der Waals surface area contributed by atoms with Gasteiger partial charge in [-0.05, 0) is 54.7 Å². The number of ether oxygens (including phenoxy) is 1. The number of nitrogens with two attached hydrogens (primary N) is 1. The zero-order chi connectivity index (χ0) is 14.2. The van der Waals surface area contributed by atoms with Gasteiger partial charge < -0.3 is 10.5 Å². The maximum Gasteiger partial charge on any atom is 0.231 e. The third-order valence-electron chi connectivity index (χ3n) is 3.87. The molecule has 0 aliphatic heterocycles. The number of hydrogen-bond donors (Lipinski definition) is 1. The number of anilines is 1. The highest BCUT2D eigenvalue weighted by Gasteiger charge is 2.13. The first kappa shape index (κ1) is 12.1. The van der Waals surface area contributed by atoms with E-state index in [9.17, 15) is 0 Å². The van der Waals surface area contributed by atoms with Gasteiger partial charge >= 0.3 is 0 Å². The molecule has 4 nitrogen and oxygen atoms in total. The zero-order valence-corrected chi connectivity index (χ0v) is 11.5. The zero-order valence-electron chi connectivity index (χ0n) is 11.5. The summed E-state index contributed by atoms with van der Waals surface area (Å²) in [6.45, 7) is 0. The van der Waals surface area contributed by atoms with Crippen molar-refractivity contribution in [2.75, 3.05) is 5.73 Å². The van der Waals surface area contributed by atoms with Gasteiger partial charge in [0, 0.05) is 0 Å². The molecule has 2 N–H and O–H groups in total. The fourth-order valence-corrected chi connectivity index (χ4v) is 2.87. The molecule has 1 aliphatic carbocycles. The Kier molecular flexibility index (Phi) is 2.74. The molecule has 0 amide bonds. The smallest absolute Gasteiger partial charge is 0.231 e. The minimum absolute atomic E-state index is 0.227. The molecule has 1 heterocycles. The molecule has 0 fully saturated rings. The van der Waals surface area contributed by atoms with Gasteiger partial charge in [-0.2, -0.15) is 4.98 Å². The van der Waals surface area contributed by atoms with Crippen molar-refractivity contribution >= 4 is 16.9 Å². The molecule has 0 unspecified atom stereocenters. The maximum absolute atomic E-state index is 5.97. The van der Waals surface area contributed by atoms with Crippen LogP contribution in [0.1, 0.15) is 17.5 Å². The number of nitrogens with zero attached hydrogens (tertiary/aromatic N) is 2. The Bertz CT molecular complexity index is 829. The minimum atomic E-state index is 0.227. The Balaban J connectivity index is 1.77. The number of hydrogen-bond acceptors (Lipinski definition) is 4. The molecule has 0 bridgehead atoms. The lowest BCUT2D eigenvalue weighted by Crippen LogP contribution is -1.98. The molecule has 0 radical (unpaired) electrons. The summed E-state index contributed by atoms with van der Waals surface area (Å²) in [6.07, 6.45) is 3.51. The molecule has 4 heteroatoms. The molecule has 1 aromatic heterocycles. The van der Waals surface area contributed by atoms with E-state index >= 15 is 0 Å². The first-order valence-electron chi connectivity index (χ1n) is 7.11. The summed E-state index contributed by atoms with van der Waals surface area (Å²) in [6, 6.07) is 14.0. The van der Waals surface area contributed by atoms with Crippen molar-refractivity contribution in [3.8, 4) is 11.6 Å². The molecule has 2 aromatic carbocycles. The van der Waals surface area contributed by atoms with E-state index in [4.69, 9.17) is 10.5 Å². The van der Waals surface area contributed by atoms with Crippen molar-refractivity contribution in [2.24, 2.45) is 0 Å². The van der Waals surface area contributed by atoms with E-state index in [-0.39, 0.29) is 5.95 Å². The number of rotatable bonds is 2. The quantitative estimate of drug-likeness (QED) is 0.779. The average molecular weight is 277 g/mol. The summed E-state index contributed by atoms with van der Waals surface area (Å²) in [4.78, 5) is 8.46. The van der Waals surface area contributed by atoms with Crippen LogP contribution >= 0.6 is 0 Å². The fraction of sp³-hybridized carbons (Fsp3) is 0.176. The van der Waals surface area contributed by atoms with E-state index < -0.39 is 0 Å². The lowest BCUT2D eigenvalue weighted by molar-refractivity contribution is 0.468. The number of nitrogen functional groups attached to an aromatic ring is 1. The predicted octanol–water partition coefficient (Wildman–Crippen LogP) is 3.49. The van der Waals surface area contributed by atoms with Crippen LogP contribution in [0.25, 0.3) is 10.9 Å². The lowest BCUT2D eigenvalue weighted by atomic mass is 10.1. The van der Waals surface area contributed by atoms with Crippen LogP contribution < -0.4 is 10.5 Å². The standard InChI is InChI=1S/C17H15N3O/c18-17-19-15-7-2-1-6-14(15)16(20-17)21-13-9-8-11-4-3-5-12(11)10-13/h1-2,6-10H,3-5H2,(H2,18,19,20). The SMILES string of the molecule is Nc1nc(Oc2ccc3c(c2)CCC3)c2ccccc2n1. The molecule has 104 valence electrons.